The van der Waals surface area contributed by atoms with Gasteiger partial charge >= 0.3 is 0 Å². The first-order valence-electron chi connectivity index (χ1n) is 5.89. The SMILES string of the molecule is Cc1cccc(CS(=O)(=O)NCc2ncc(C)o2)c1. The number of aryl methyl sites for hydroxylation is 2. The van der Waals surface area contributed by atoms with Crippen molar-refractivity contribution >= 4 is 10.0 Å². The first-order valence-corrected chi connectivity index (χ1v) is 7.54. The van der Waals surface area contributed by atoms with Crippen molar-refractivity contribution in [1.29, 1.82) is 0 Å². The molecule has 6 heteroatoms. The number of sulfonamides is 1. The van der Waals surface area contributed by atoms with Crippen LogP contribution >= 0.6 is 0 Å². The molecule has 5 nitrogen and oxygen atoms in total. The minimum absolute atomic E-state index is 0.0473. The quantitative estimate of drug-likeness (QED) is 0.908. The average molecular weight is 280 g/mol. The van der Waals surface area contributed by atoms with Crippen LogP contribution in [0.3, 0.4) is 0 Å². The highest BCUT2D eigenvalue weighted by molar-refractivity contribution is 7.88. The van der Waals surface area contributed by atoms with E-state index in [2.05, 4.69) is 9.71 Å². The van der Waals surface area contributed by atoms with Crippen LogP contribution in [0.5, 0.6) is 0 Å². The van der Waals surface area contributed by atoms with Gasteiger partial charge in [0.25, 0.3) is 0 Å². The molecule has 0 saturated carbocycles. The maximum Gasteiger partial charge on any atom is 0.216 e. The molecular weight excluding hydrogens is 264 g/mol. The van der Waals surface area contributed by atoms with Crippen LogP contribution in [0.2, 0.25) is 0 Å². The van der Waals surface area contributed by atoms with Gasteiger partial charge in [0.1, 0.15) is 5.76 Å². The Balaban J connectivity index is 1.99. The summed E-state index contributed by atoms with van der Waals surface area (Å²) >= 11 is 0. The number of nitrogens with zero attached hydrogens (tertiary/aromatic N) is 1. The smallest absolute Gasteiger partial charge is 0.216 e. The van der Waals surface area contributed by atoms with Gasteiger partial charge < -0.3 is 4.42 Å². The summed E-state index contributed by atoms with van der Waals surface area (Å²) in [6, 6.07) is 7.42. The third-order valence-corrected chi connectivity index (χ3v) is 3.85. The van der Waals surface area contributed by atoms with Crippen LogP contribution < -0.4 is 4.72 Å². The molecule has 1 N–H and O–H groups in total. The van der Waals surface area contributed by atoms with E-state index < -0.39 is 10.0 Å². The van der Waals surface area contributed by atoms with Crippen molar-refractivity contribution in [3.63, 3.8) is 0 Å². The summed E-state index contributed by atoms with van der Waals surface area (Å²) in [6.45, 7) is 3.76. The molecule has 1 aromatic heterocycles. The summed E-state index contributed by atoms with van der Waals surface area (Å²) in [5.74, 6) is 0.979. The Morgan fingerprint density at radius 2 is 2.11 bits per heavy atom. The molecule has 0 fully saturated rings. The molecule has 0 aliphatic heterocycles. The Labute approximate surface area is 112 Å². The zero-order valence-electron chi connectivity index (χ0n) is 10.9. The lowest BCUT2D eigenvalue weighted by molar-refractivity contribution is 0.463. The van der Waals surface area contributed by atoms with Gasteiger partial charge in [-0.05, 0) is 19.4 Å². The van der Waals surface area contributed by atoms with E-state index in [9.17, 15) is 8.42 Å². The minimum atomic E-state index is -3.39. The van der Waals surface area contributed by atoms with E-state index in [0.29, 0.717) is 11.7 Å². The minimum Gasteiger partial charge on any atom is -0.445 e. The van der Waals surface area contributed by atoms with Gasteiger partial charge in [0.15, 0.2) is 0 Å². The topological polar surface area (TPSA) is 72.2 Å². The highest BCUT2D eigenvalue weighted by Gasteiger charge is 2.13. The number of rotatable bonds is 5. The molecule has 2 aromatic rings. The predicted octanol–water partition coefficient (Wildman–Crippen LogP) is 1.91. The van der Waals surface area contributed by atoms with Gasteiger partial charge in [-0.3, -0.25) is 0 Å². The van der Waals surface area contributed by atoms with Crippen LogP contribution in [0.15, 0.2) is 34.9 Å². The number of hydrogen-bond acceptors (Lipinski definition) is 4. The van der Waals surface area contributed by atoms with Crippen molar-refractivity contribution in [1.82, 2.24) is 9.71 Å². The van der Waals surface area contributed by atoms with E-state index in [4.69, 9.17) is 4.42 Å². The van der Waals surface area contributed by atoms with Crippen LogP contribution in [0.1, 0.15) is 22.8 Å². The maximum absolute atomic E-state index is 11.9. The van der Waals surface area contributed by atoms with Gasteiger partial charge in [-0.15, -0.1) is 0 Å². The molecular formula is C13H16N2O3S. The molecule has 0 saturated heterocycles. The zero-order chi connectivity index (χ0) is 13.9. The monoisotopic (exact) mass is 280 g/mol. The molecule has 0 amide bonds. The molecule has 0 atom stereocenters. The van der Waals surface area contributed by atoms with Gasteiger partial charge in [0.05, 0.1) is 18.5 Å². The lowest BCUT2D eigenvalue weighted by Gasteiger charge is -2.05. The average Bonchev–Trinajstić information content (AvgIpc) is 2.72. The Bertz CT molecular complexity index is 662. The molecule has 0 unspecified atom stereocenters. The third kappa shape index (κ3) is 4.18. The van der Waals surface area contributed by atoms with Crippen molar-refractivity contribution in [2.75, 3.05) is 0 Å². The van der Waals surface area contributed by atoms with Gasteiger partial charge in [-0.25, -0.2) is 18.1 Å². The van der Waals surface area contributed by atoms with Crippen molar-refractivity contribution in [3.8, 4) is 0 Å². The number of aromatic nitrogens is 1. The molecule has 0 bridgehead atoms. The largest absolute Gasteiger partial charge is 0.445 e. The Morgan fingerprint density at radius 1 is 1.32 bits per heavy atom. The Hall–Kier alpha value is -1.66. The molecule has 19 heavy (non-hydrogen) atoms. The first kappa shape index (κ1) is 13.8. The van der Waals surface area contributed by atoms with Gasteiger partial charge in [-0.1, -0.05) is 29.8 Å². The maximum atomic E-state index is 11.9. The molecule has 0 aliphatic rings. The lowest BCUT2D eigenvalue weighted by atomic mass is 10.2. The molecule has 0 radical (unpaired) electrons. The fourth-order valence-electron chi connectivity index (χ4n) is 1.73. The molecule has 0 aliphatic carbocycles. The van der Waals surface area contributed by atoms with E-state index in [1.54, 1.807) is 19.2 Å². The number of oxazole rings is 1. The van der Waals surface area contributed by atoms with Crippen molar-refractivity contribution in [2.45, 2.75) is 26.1 Å². The summed E-state index contributed by atoms with van der Waals surface area (Å²) in [4.78, 5) is 3.95. The second-order valence-corrected chi connectivity index (χ2v) is 6.24. The fraction of sp³-hybridized carbons (Fsp3) is 0.308. The number of hydrogen-bond donors (Lipinski definition) is 1. The molecule has 0 spiro atoms. The second kappa shape index (κ2) is 5.54. The van der Waals surface area contributed by atoms with E-state index in [-0.39, 0.29) is 12.3 Å². The highest BCUT2D eigenvalue weighted by atomic mass is 32.2. The summed E-state index contributed by atoms with van der Waals surface area (Å²) in [5, 5.41) is 0. The molecule has 2 rings (SSSR count). The highest BCUT2D eigenvalue weighted by Crippen LogP contribution is 2.08. The summed E-state index contributed by atoms with van der Waals surface area (Å²) in [7, 11) is -3.39. The Kier molecular flexibility index (Phi) is 4.01. The van der Waals surface area contributed by atoms with Crippen molar-refractivity contribution in [2.24, 2.45) is 0 Å². The molecule has 1 aromatic carbocycles. The van der Waals surface area contributed by atoms with Crippen LogP contribution in [-0.2, 0) is 22.3 Å². The van der Waals surface area contributed by atoms with Crippen LogP contribution in [0, 0.1) is 13.8 Å². The van der Waals surface area contributed by atoms with Crippen molar-refractivity contribution in [3.05, 3.63) is 53.2 Å². The lowest BCUT2D eigenvalue weighted by Crippen LogP contribution is -2.24. The van der Waals surface area contributed by atoms with Crippen LogP contribution in [-0.4, -0.2) is 13.4 Å². The normalized spacial score (nSPS) is 11.7. The summed E-state index contributed by atoms with van der Waals surface area (Å²) in [5.41, 5.74) is 1.80. The fourth-order valence-corrected chi connectivity index (χ4v) is 2.79. The number of nitrogens with one attached hydrogen (secondary N) is 1. The second-order valence-electron chi connectivity index (χ2n) is 4.43. The third-order valence-electron chi connectivity index (χ3n) is 2.55. The summed E-state index contributed by atoms with van der Waals surface area (Å²) in [6.07, 6.45) is 1.56. The Morgan fingerprint density at radius 3 is 2.74 bits per heavy atom. The summed E-state index contributed by atoms with van der Waals surface area (Å²) < 4.78 is 31.5. The first-order chi connectivity index (χ1) is 8.94. The molecule has 102 valence electrons. The van der Waals surface area contributed by atoms with E-state index in [1.165, 1.54) is 0 Å². The van der Waals surface area contributed by atoms with E-state index >= 15 is 0 Å². The van der Waals surface area contributed by atoms with Crippen LogP contribution in [0.4, 0.5) is 0 Å². The molecule has 1 heterocycles. The van der Waals surface area contributed by atoms with Crippen LogP contribution in [0.25, 0.3) is 0 Å². The standard InChI is InChI=1S/C13H16N2O3S/c1-10-4-3-5-12(6-10)9-19(16,17)15-8-13-14-7-11(2)18-13/h3-7,15H,8-9H2,1-2H3. The zero-order valence-corrected chi connectivity index (χ0v) is 11.7. The van der Waals surface area contributed by atoms with E-state index in [0.717, 1.165) is 11.1 Å². The number of benzene rings is 1. The van der Waals surface area contributed by atoms with Gasteiger partial charge in [0, 0.05) is 0 Å². The predicted molar refractivity (Wildman–Crippen MR) is 71.9 cm³/mol. The van der Waals surface area contributed by atoms with Gasteiger partial charge in [0.2, 0.25) is 15.9 Å². The van der Waals surface area contributed by atoms with Crippen molar-refractivity contribution < 1.29 is 12.8 Å². The van der Waals surface area contributed by atoms with E-state index in [1.807, 2.05) is 25.1 Å². The van der Waals surface area contributed by atoms with Gasteiger partial charge in [-0.2, -0.15) is 0 Å².